The summed E-state index contributed by atoms with van der Waals surface area (Å²) in [4.78, 5) is 38.3. The third-order valence-corrected chi connectivity index (χ3v) is 12.9. The smallest absolute Gasteiger partial charge is 0.306 e. The molecule has 0 unspecified atom stereocenters. The van der Waals surface area contributed by atoms with Crippen LogP contribution in [0.25, 0.3) is 0 Å². The molecule has 0 N–H and O–H groups in total. The van der Waals surface area contributed by atoms with E-state index in [-0.39, 0.29) is 44.0 Å². The molecule has 0 fully saturated rings. The molecule has 0 bridgehead atoms. The van der Waals surface area contributed by atoms with Gasteiger partial charge in [-0.05, 0) is 128 Å². The van der Waals surface area contributed by atoms with Crippen molar-refractivity contribution in [2.45, 2.75) is 284 Å². The largest absolute Gasteiger partial charge is 0.462 e. The highest BCUT2D eigenvalue weighted by molar-refractivity contribution is 5.71. The Morgan fingerprint density at radius 2 is 0.507 bits per heavy atom. The maximum Gasteiger partial charge on any atom is 0.306 e. The second kappa shape index (κ2) is 62.4. The van der Waals surface area contributed by atoms with E-state index in [2.05, 4.69) is 136 Å². The minimum Gasteiger partial charge on any atom is -0.462 e. The number of unbranched alkanes of at least 4 members (excludes halogenated alkanes) is 24. The van der Waals surface area contributed by atoms with Crippen LogP contribution in [0.3, 0.4) is 0 Å². The van der Waals surface area contributed by atoms with Crippen molar-refractivity contribution >= 4 is 17.9 Å². The first-order valence-electron chi connectivity index (χ1n) is 31.0. The molecule has 1 atom stereocenters. The first-order valence-corrected chi connectivity index (χ1v) is 31.0. The summed E-state index contributed by atoms with van der Waals surface area (Å²) in [5.74, 6) is -1.03. The van der Waals surface area contributed by atoms with Crippen LogP contribution in [0.2, 0.25) is 0 Å². The molecule has 0 aliphatic rings. The van der Waals surface area contributed by atoms with E-state index >= 15 is 0 Å². The SMILES string of the molecule is CCCCC/C=C\C/C=C\C/C=C\C/C=C\C/C=C\CCC(=O)OC[C@H](COC(=O)CCCCCCCCCCC/C=C\CCCCCCCC)OC(=O)CCCCC/C=C\C/C=C\C/C=C\C/C=C\CCCCC. The molecule has 0 aliphatic carbocycles. The zero-order chi connectivity index (χ0) is 54.3. The van der Waals surface area contributed by atoms with E-state index in [4.69, 9.17) is 14.2 Å². The summed E-state index contributed by atoms with van der Waals surface area (Å²) in [7, 11) is 0. The Kier molecular flexibility index (Phi) is 58.9. The van der Waals surface area contributed by atoms with E-state index < -0.39 is 6.10 Å². The monoisotopic (exact) mass is 1040 g/mol. The highest BCUT2D eigenvalue weighted by Gasteiger charge is 2.19. The molecule has 0 amide bonds. The number of hydrogen-bond donors (Lipinski definition) is 0. The molecule has 0 saturated carbocycles. The highest BCUT2D eigenvalue weighted by atomic mass is 16.6. The van der Waals surface area contributed by atoms with E-state index in [1.807, 2.05) is 6.08 Å². The first kappa shape index (κ1) is 70.8. The molecule has 426 valence electrons. The van der Waals surface area contributed by atoms with Crippen LogP contribution in [-0.4, -0.2) is 37.2 Å². The van der Waals surface area contributed by atoms with E-state index in [9.17, 15) is 14.4 Å². The molecule has 0 radical (unpaired) electrons. The Hall–Kier alpha value is -4.19. The quantitative estimate of drug-likeness (QED) is 0.0261. The lowest BCUT2D eigenvalue weighted by atomic mass is 10.1. The summed E-state index contributed by atoms with van der Waals surface area (Å²) < 4.78 is 16.8. The van der Waals surface area contributed by atoms with E-state index in [0.717, 1.165) is 83.5 Å². The standard InChI is InChI=1S/C69H114O6/c1-4-7-10-13-16-19-22-25-28-31-34-37-40-43-46-49-52-55-58-61-67(70)73-64-66(75-69(72)63-60-57-54-51-48-45-42-39-36-33-30-27-24-21-18-15-12-9-6-3)65-74-68(71)62-59-56-53-50-47-44-41-38-35-32-29-26-23-20-17-14-11-8-5-2/h16,18-19,21,25-30,34,36-37,39,43,45-46,48,52,55,66H,4-15,17,20,22-24,31-33,35,38,40-42,44,47,49-51,53-54,56-65H2,1-3H3/b19-16-,21-18-,28-25-,29-26-,30-27-,37-34-,39-36-,46-43-,48-45-,55-52-/t66-/m1/s1. The zero-order valence-corrected chi connectivity index (χ0v) is 48.8. The number of allylic oxidation sites excluding steroid dienone is 20. The van der Waals surface area contributed by atoms with Gasteiger partial charge in [0.05, 0.1) is 0 Å². The molecule has 0 aromatic heterocycles. The van der Waals surface area contributed by atoms with Crippen molar-refractivity contribution in [2.24, 2.45) is 0 Å². The summed E-state index contributed by atoms with van der Waals surface area (Å²) in [5, 5.41) is 0. The third-order valence-electron chi connectivity index (χ3n) is 12.9. The molecule has 75 heavy (non-hydrogen) atoms. The van der Waals surface area contributed by atoms with Crippen LogP contribution < -0.4 is 0 Å². The van der Waals surface area contributed by atoms with Gasteiger partial charge in [-0.3, -0.25) is 14.4 Å². The van der Waals surface area contributed by atoms with Gasteiger partial charge < -0.3 is 14.2 Å². The van der Waals surface area contributed by atoms with Crippen molar-refractivity contribution in [2.75, 3.05) is 13.2 Å². The number of rotatable bonds is 55. The van der Waals surface area contributed by atoms with Gasteiger partial charge in [-0.15, -0.1) is 0 Å². The van der Waals surface area contributed by atoms with Gasteiger partial charge in [0.15, 0.2) is 6.10 Å². The number of carbonyl (C=O) groups is 3. The highest BCUT2D eigenvalue weighted by Crippen LogP contribution is 2.14. The van der Waals surface area contributed by atoms with Crippen molar-refractivity contribution in [1.82, 2.24) is 0 Å². The van der Waals surface area contributed by atoms with Gasteiger partial charge in [0.2, 0.25) is 0 Å². The average molecular weight is 1040 g/mol. The molecule has 0 rings (SSSR count). The lowest BCUT2D eigenvalue weighted by molar-refractivity contribution is -0.166. The Balaban J connectivity index is 4.56. The van der Waals surface area contributed by atoms with Crippen LogP contribution in [-0.2, 0) is 28.6 Å². The summed E-state index contributed by atoms with van der Waals surface area (Å²) in [5.41, 5.74) is 0. The fraction of sp³-hybridized carbons (Fsp3) is 0.667. The van der Waals surface area contributed by atoms with Gasteiger partial charge in [0, 0.05) is 19.3 Å². The number of esters is 3. The molecule has 0 aliphatic heterocycles. The average Bonchev–Trinajstić information content (AvgIpc) is 3.41. The van der Waals surface area contributed by atoms with Crippen molar-refractivity contribution in [3.63, 3.8) is 0 Å². The van der Waals surface area contributed by atoms with Gasteiger partial charge >= 0.3 is 17.9 Å². The minimum atomic E-state index is -0.830. The molecular formula is C69H114O6. The Morgan fingerprint density at radius 1 is 0.267 bits per heavy atom. The van der Waals surface area contributed by atoms with Crippen molar-refractivity contribution in [3.8, 4) is 0 Å². The fourth-order valence-corrected chi connectivity index (χ4v) is 8.23. The molecular weight excluding hydrogens is 925 g/mol. The first-order chi connectivity index (χ1) is 37.0. The minimum absolute atomic E-state index is 0.117. The molecule has 0 spiro atoms. The molecule has 6 nitrogen and oxygen atoms in total. The summed E-state index contributed by atoms with van der Waals surface area (Å²) >= 11 is 0. The molecule has 0 heterocycles. The Bertz CT molecular complexity index is 1570. The maximum absolute atomic E-state index is 12.9. The van der Waals surface area contributed by atoms with Crippen molar-refractivity contribution in [1.29, 1.82) is 0 Å². The van der Waals surface area contributed by atoms with Gasteiger partial charge in [0.1, 0.15) is 13.2 Å². The van der Waals surface area contributed by atoms with Crippen molar-refractivity contribution < 1.29 is 28.6 Å². The van der Waals surface area contributed by atoms with Gasteiger partial charge in [-0.2, -0.15) is 0 Å². The van der Waals surface area contributed by atoms with E-state index in [1.54, 1.807) is 0 Å². The lowest BCUT2D eigenvalue weighted by Crippen LogP contribution is -2.30. The zero-order valence-electron chi connectivity index (χ0n) is 48.8. The molecule has 6 heteroatoms. The predicted molar refractivity (Wildman–Crippen MR) is 325 cm³/mol. The molecule has 0 aromatic carbocycles. The van der Waals surface area contributed by atoms with Crippen LogP contribution in [0.5, 0.6) is 0 Å². The topological polar surface area (TPSA) is 78.9 Å². The van der Waals surface area contributed by atoms with Gasteiger partial charge in [-0.1, -0.05) is 251 Å². The van der Waals surface area contributed by atoms with Crippen LogP contribution in [0.1, 0.15) is 278 Å². The Morgan fingerprint density at radius 3 is 0.880 bits per heavy atom. The van der Waals surface area contributed by atoms with Crippen molar-refractivity contribution in [3.05, 3.63) is 122 Å². The summed E-state index contributed by atoms with van der Waals surface area (Å²) in [6.07, 6.45) is 86.3. The maximum atomic E-state index is 12.9. The van der Waals surface area contributed by atoms with Gasteiger partial charge in [-0.25, -0.2) is 0 Å². The number of carbonyl (C=O) groups excluding carboxylic acids is 3. The predicted octanol–water partition coefficient (Wildman–Crippen LogP) is 21.2. The molecule has 0 aromatic rings. The Labute approximate surface area is 462 Å². The third kappa shape index (κ3) is 60.6. The lowest BCUT2D eigenvalue weighted by Gasteiger charge is -2.18. The second-order valence-corrected chi connectivity index (χ2v) is 20.2. The van der Waals surface area contributed by atoms with Crippen LogP contribution in [0.4, 0.5) is 0 Å². The second-order valence-electron chi connectivity index (χ2n) is 20.2. The normalized spacial score (nSPS) is 12.9. The van der Waals surface area contributed by atoms with Gasteiger partial charge in [0.25, 0.3) is 0 Å². The molecule has 0 saturated heterocycles. The summed E-state index contributed by atoms with van der Waals surface area (Å²) in [6.45, 7) is 6.50. The van der Waals surface area contributed by atoms with E-state index in [1.165, 1.54) is 141 Å². The number of ether oxygens (including phenoxy) is 3. The fourth-order valence-electron chi connectivity index (χ4n) is 8.23. The number of hydrogen-bond acceptors (Lipinski definition) is 6. The van der Waals surface area contributed by atoms with Crippen LogP contribution in [0, 0.1) is 0 Å². The van der Waals surface area contributed by atoms with Crippen LogP contribution >= 0.6 is 0 Å². The van der Waals surface area contributed by atoms with Crippen LogP contribution in [0.15, 0.2) is 122 Å². The summed E-state index contributed by atoms with van der Waals surface area (Å²) in [6, 6.07) is 0. The van der Waals surface area contributed by atoms with E-state index in [0.29, 0.717) is 19.3 Å².